The van der Waals surface area contributed by atoms with Crippen LogP contribution >= 0.6 is 24.0 Å². The molecule has 6 heteroatoms. The van der Waals surface area contributed by atoms with Gasteiger partial charge in [-0.05, 0) is 44.7 Å². The van der Waals surface area contributed by atoms with E-state index in [1.54, 1.807) is 0 Å². The lowest BCUT2D eigenvalue weighted by Gasteiger charge is -2.18. The molecule has 1 unspecified atom stereocenters. The van der Waals surface area contributed by atoms with E-state index in [2.05, 4.69) is 64.9 Å². The maximum atomic E-state index is 4.65. The first kappa shape index (κ1) is 21.5. The summed E-state index contributed by atoms with van der Waals surface area (Å²) in [5.74, 6) is 0.877. The number of aliphatic imine (C=N–C) groups is 1. The van der Waals surface area contributed by atoms with E-state index >= 15 is 0 Å². The van der Waals surface area contributed by atoms with Crippen LogP contribution in [0.15, 0.2) is 47.7 Å². The molecule has 2 N–H and O–H groups in total. The van der Waals surface area contributed by atoms with Gasteiger partial charge in [0, 0.05) is 18.8 Å². The Hall–Kier alpha value is -1.57. The summed E-state index contributed by atoms with van der Waals surface area (Å²) in [5, 5.41) is 11.1. The molecule has 0 amide bonds. The minimum Gasteiger partial charge on any atom is -0.357 e. The van der Waals surface area contributed by atoms with Crippen molar-refractivity contribution in [3.05, 3.63) is 53.9 Å². The Morgan fingerprint density at radius 1 is 1.28 bits per heavy atom. The quantitative estimate of drug-likeness (QED) is 0.365. The van der Waals surface area contributed by atoms with Crippen molar-refractivity contribution < 1.29 is 0 Å². The van der Waals surface area contributed by atoms with Crippen molar-refractivity contribution in [2.45, 2.75) is 46.2 Å². The van der Waals surface area contributed by atoms with Crippen molar-refractivity contribution in [2.75, 3.05) is 13.1 Å². The number of guanidine groups is 1. The number of rotatable bonds is 8. The Morgan fingerprint density at radius 2 is 2.04 bits per heavy atom. The summed E-state index contributed by atoms with van der Waals surface area (Å²) in [5.41, 5.74) is 2.56. The van der Waals surface area contributed by atoms with Gasteiger partial charge in [-0.2, -0.15) is 5.10 Å². The molecule has 0 fully saturated rings. The Bertz CT molecular complexity index is 624. The summed E-state index contributed by atoms with van der Waals surface area (Å²) in [4.78, 5) is 4.65. The maximum absolute atomic E-state index is 4.65. The normalized spacial score (nSPS) is 12.4. The Balaban J connectivity index is 0.00000312. The van der Waals surface area contributed by atoms with Gasteiger partial charge in [-0.15, -0.1) is 24.0 Å². The largest absolute Gasteiger partial charge is 0.357 e. The molecular weight excluding hydrogens is 425 g/mol. The van der Waals surface area contributed by atoms with Crippen LogP contribution < -0.4 is 10.6 Å². The standard InChI is InChI=1S/C19H29N5.HI/c1-4-20-19(21-12-13-24-15-16(2)14-22-24)23-17(3)10-11-18-8-6-5-7-9-18;/h5-9,14-15,17H,4,10-13H2,1-3H3,(H2,20,21,23);1H. The van der Waals surface area contributed by atoms with Crippen LogP contribution in [0.3, 0.4) is 0 Å². The average Bonchev–Trinajstić information content (AvgIpc) is 2.99. The van der Waals surface area contributed by atoms with Crippen molar-refractivity contribution in [1.29, 1.82) is 0 Å². The highest BCUT2D eigenvalue weighted by Gasteiger charge is 2.05. The zero-order chi connectivity index (χ0) is 17.2. The smallest absolute Gasteiger partial charge is 0.191 e. The molecule has 0 aliphatic carbocycles. The highest BCUT2D eigenvalue weighted by Crippen LogP contribution is 2.04. The lowest BCUT2D eigenvalue weighted by Crippen LogP contribution is -2.42. The molecule has 0 aliphatic heterocycles. The van der Waals surface area contributed by atoms with Crippen LogP contribution in [0.2, 0.25) is 0 Å². The highest BCUT2D eigenvalue weighted by molar-refractivity contribution is 14.0. The second-order valence-corrected chi connectivity index (χ2v) is 6.11. The van der Waals surface area contributed by atoms with Gasteiger partial charge in [-0.25, -0.2) is 0 Å². The van der Waals surface area contributed by atoms with Crippen molar-refractivity contribution in [2.24, 2.45) is 4.99 Å². The van der Waals surface area contributed by atoms with Gasteiger partial charge in [-0.1, -0.05) is 30.3 Å². The fourth-order valence-electron chi connectivity index (χ4n) is 2.51. The molecule has 2 aromatic rings. The molecule has 1 aromatic carbocycles. The number of benzene rings is 1. The summed E-state index contributed by atoms with van der Waals surface area (Å²) in [6, 6.07) is 11.0. The van der Waals surface area contributed by atoms with Gasteiger partial charge in [0.25, 0.3) is 0 Å². The number of hydrogen-bond donors (Lipinski definition) is 2. The van der Waals surface area contributed by atoms with Gasteiger partial charge in [0.1, 0.15) is 0 Å². The van der Waals surface area contributed by atoms with Crippen LogP contribution in [-0.2, 0) is 13.0 Å². The molecule has 2 rings (SSSR count). The molecule has 138 valence electrons. The second kappa shape index (κ2) is 11.9. The van der Waals surface area contributed by atoms with Crippen molar-refractivity contribution in [1.82, 2.24) is 20.4 Å². The minimum atomic E-state index is 0. The average molecular weight is 455 g/mol. The van der Waals surface area contributed by atoms with Gasteiger partial charge in [-0.3, -0.25) is 9.67 Å². The van der Waals surface area contributed by atoms with Crippen molar-refractivity contribution >= 4 is 29.9 Å². The summed E-state index contributed by atoms with van der Waals surface area (Å²) >= 11 is 0. The first-order valence-electron chi connectivity index (χ1n) is 8.75. The Morgan fingerprint density at radius 3 is 2.68 bits per heavy atom. The van der Waals surface area contributed by atoms with Crippen LogP contribution in [0.25, 0.3) is 0 Å². The first-order valence-corrected chi connectivity index (χ1v) is 8.75. The summed E-state index contributed by atoms with van der Waals surface area (Å²) in [6.45, 7) is 8.70. The fourth-order valence-corrected chi connectivity index (χ4v) is 2.51. The van der Waals surface area contributed by atoms with E-state index in [-0.39, 0.29) is 24.0 Å². The van der Waals surface area contributed by atoms with Crippen molar-refractivity contribution in [3.8, 4) is 0 Å². The lowest BCUT2D eigenvalue weighted by atomic mass is 10.1. The van der Waals surface area contributed by atoms with Crippen LogP contribution in [0, 0.1) is 6.92 Å². The fraction of sp³-hybridized carbons (Fsp3) is 0.474. The van der Waals surface area contributed by atoms with Gasteiger partial charge >= 0.3 is 0 Å². The Kier molecular flexibility index (Phi) is 10.2. The third-order valence-electron chi connectivity index (χ3n) is 3.80. The van der Waals surface area contributed by atoms with Crippen LogP contribution in [0.1, 0.15) is 31.4 Å². The zero-order valence-corrected chi connectivity index (χ0v) is 17.7. The molecule has 0 radical (unpaired) electrons. The third kappa shape index (κ3) is 8.38. The van der Waals surface area contributed by atoms with Crippen LogP contribution in [-0.4, -0.2) is 34.9 Å². The van der Waals surface area contributed by atoms with E-state index in [0.717, 1.165) is 31.9 Å². The molecule has 25 heavy (non-hydrogen) atoms. The first-order chi connectivity index (χ1) is 11.7. The molecule has 0 saturated carbocycles. The number of nitrogens with one attached hydrogen (secondary N) is 2. The molecule has 0 bridgehead atoms. The molecular formula is C19H30IN5. The summed E-state index contributed by atoms with van der Waals surface area (Å²) in [7, 11) is 0. The summed E-state index contributed by atoms with van der Waals surface area (Å²) in [6.07, 6.45) is 6.06. The number of halogens is 1. The van der Waals surface area contributed by atoms with Gasteiger partial charge in [0.05, 0.1) is 19.3 Å². The molecule has 1 heterocycles. The summed E-state index contributed by atoms with van der Waals surface area (Å²) < 4.78 is 1.93. The van der Waals surface area contributed by atoms with E-state index in [1.807, 2.05) is 24.0 Å². The van der Waals surface area contributed by atoms with Gasteiger partial charge in [0.2, 0.25) is 0 Å². The van der Waals surface area contributed by atoms with Crippen LogP contribution in [0.4, 0.5) is 0 Å². The zero-order valence-electron chi connectivity index (χ0n) is 15.4. The Labute approximate surface area is 168 Å². The highest BCUT2D eigenvalue weighted by atomic mass is 127. The monoisotopic (exact) mass is 455 g/mol. The van der Waals surface area contributed by atoms with E-state index in [9.17, 15) is 0 Å². The predicted octanol–water partition coefficient (Wildman–Crippen LogP) is 3.39. The van der Waals surface area contributed by atoms with Gasteiger partial charge in [0.15, 0.2) is 5.96 Å². The third-order valence-corrected chi connectivity index (χ3v) is 3.80. The molecule has 5 nitrogen and oxygen atoms in total. The van der Waals surface area contributed by atoms with E-state index < -0.39 is 0 Å². The topological polar surface area (TPSA) is 54.2 Å². The predicted molar refractivity (Wildman–Crippen MR) is 116 cm³/mol. The maximum Gasteiger partial charge on any atom is 0.191 e. The lowest BCUT2D eigenvalue weighted by molar-refractivity contribution is 0.586. The molecule has 0 spiro atoms. The second-order valence-electron chi connectivity index (χ2n) is 6.11. The van der Waals surface area contributed by atoms with Gasteiger partial charge < -0.3 is 10.6 Å². The molecule has 0 saturated heterocycles. The van der Waals surface area contributed by atoms with Crippen LogP contribution in [0.5, 0.6) is 0 Å². The van der Waals surface area contributed by atoms with E-state index in [1.165, 1.54) is 11.1 Å². The SMILES string of the molecule is CCNC(=NCCn1cc(C)cn1)NC(C)CCc1ccccc1.I. The molecule has 0 aliphatic rings. The number of nitrogens with zero attached hydrogens (tertiary/aromatic N) is 3. The number of hydrogen-bond acceptors (Lipinski definition) is 2. The van der Waals surface area contributed by atoms with E-state index in [0.29, 0.717) is 12.6 Å². The molecule has 1 aromatic heterocycles. The number of aromatic nitrogens is 2. The molecule has 1 atom stereocenters. The van der Waals surface area contributed by atoms with Crippen molar-refractivity contribution in [3.63, 3.8) is 0 Å². The minimum absolute atomic E-state index is 0. The number of aryl methyl sites for hydroxylation is 2. The van der Waals surface area contributed by atoms with E-state index in [4.69, 9.17) is 0 Å².